The predicted molar refractivity (Wildman–Crippen MR) is 118 cm³/mol. The van der Waals surface area contributed by atoms with Crippen LogP contribution in [0.3, 0.4) is 0 Å². The molecule has 0 atom stereocenters. The summed E-state index contributed by atoms with van der Waals surface area (Å²) in [6.45, 7) is 2.84. The number of hydrogen-bond donors (Lipinski definition) is 1. The van der Waals surface area contributed by atoms with Gasteiger partial charge in [0.1, 0.15) is 28.7 Å². The molecule has 0 saturated carbocycles. The van der Waals surface area contributed by atoms with Gasteiger partial charge in [-0.2, -0.15) is 0 Å². The molecule has 4 aromatic rings. The van der Waals surface area contributed by atoms with Gasteiger partial charge in [0.15, 0.2) is 5.82 Å². The highest BCUT2D eigenvalue weighted by atomic mass is 19.1. The molecule has 0 aliphatic rings. The van der Waals surface area contributed by atoms with Gasteiger partial charge in [0.05, 0.1) is 7.11 Å². The van der Waals surface area contributed by atoms with Crippen LogP contribution in [0.25, 0.3) is 33.4 Å². The summed E-state index contributed by atoms with van der Waals surface area (Å²) >= 11 is 0. The number of hydrogen-bond acceptors (Lipinski definition) is 5. The predicted octanol–water partition coefficient (Wildman–Crippen LogP) is 5.86. The number of pyridine rings is 1. The molecule has 0 fully saturated rings. The van der Waals surface area contributed by atoms with E-state index in [0.717, 1.165) is 31.0 Å². The van der Waals surface area contributed by atoms with Crippen molar-refractivity contribution in [3.63, 3.8) is 0 Å². The van der Waals surface area contributed by atoms with Crippen molar-refractivity contribution in [2.45, 2.75) is 19.8 Å². The zero-order valence-electron chi connectivity index (χ0n) is 17.3. The van der Waals surface area contributed by atoms with E-state index in [1.165, 1.54) is 19.2 Å². The summed E-state index contributed by atoms with van der Waals surface area (Å²) in [6, 6.07) is 10.7. The maximum absolute atomic E-state index is 14.5. The summed E-state index contributed by atoms with van der Waals surface area (Å²) in [5, 5.41) is 4.07. The van der Waals surface area contributed by atoms with Crippen LogP contribution in [-0.2, 0) is 0 Å². The number of ether oxygens (including phenoxy) is 1. The number of benzene rings is 2. The van der Waals surface area contributed by atoms with Crippen molar-refractivity contribution in [3.05, 3.63) is 66.5 Å². The largest absolute Gasteiger partial charge is 0.494 e. The Morgan fingerprint density at radius 1 is 1.03 bits per heavy atom. The number of anilines is 1. The third kappa shape index (κ3) is 4.30. The Kier molecular flexibility index (Phi) is 6.02. The minimum absolute atomic E-state index is 0.275. The van der Waals surface area contributed by atoms with Crippen molar-refractivity contribution in [2.24, 2.45) is 0 Å². The lowest BCUT2D eigenvalue weighted by Gasteiger charge is -2.15. The van der Waals surface area contributed by atoms with Gasteiger partial charge in [0, 0.05) is 41.5 Å². The molecule has 0 unspecified atom stereocenters. The second-order valence-electron chi connectivity index (χ2n) is 7.12. The highest BCUT2D eigenvalue weighted by molar-refractivity contribution is 5.97. The fraction of sp³-hybridized carbons (Fsp3) is 0.208. The number of fused-ring (bicyclic) bond motifs is 1. The molecule has 0 amide bonds. The number of rotatable bonds is 7. The molecule has 5 nitrogen and oxygen atoms in total. The van der Waals surface area contributed by atoms with E-state index in [4.69, 9.17) is 14.7 Å². The number of halogens is 2. The summed E-state index contributed by atoms with van der Waals surface area (Å²) < 4.78 is 33.5. The van der Waals surface area contributed by atoms with Crippen molar-refractivity contribution in [1.29, 1.82) is 0 Å². The van der Waals surface area contributed by atoms with E-state index in [2.05, 4.69) is 17.2 Å². The Hall–Kier alpha value is -3.61. The Labute approximate surface area is 179 Å². The molecule has 2 aromatic heterocycles. The highest BCUT2D eigenvalue weighted by Gasteiger charge is 2.17. The molecule has 0 saturated heterocycles. The first kappa shape index (κ1) is 20.7. The molecule has 0 aliphatic carbocycles. The van der Waals surface area contributed by atoms with Crippen molar-refractivity contribution in [2.75, 3.05) is 19.0 Å². The quantitative estimate of drug-likeness (QED) is 0.380. The Morgan fingerprint density at radius 2 is 1.90 bits per heavy atom. The lowest BCUT2D eigenvalue weighted by atomic mass is 10.0. The fourth-order valence-corrected chi connectivity index (χ4v) is 3.38. The molecule has 7 heteroatoms. The highest BCUT2D eigenvalue weighted by Crippen LogP contribution is 2.36. The molecule has 2 heterocycles. The Morgan fingerprint density at radius 3 is 2.61 bits per heavy atom. The maximum atomic E-state index is 14.5. The van der Waals surface area contributed by atoms with Gasteiger partial charge in [0.25, 0.3) is 0 Å². The minimum atomic E-state index is -0.644. The molecule has 0 spiro atoms. The second kappa shape index (κ2) is 9.04. The van der Waals surface area contributed by atoms with E-state index in [-0.39, 0.29) is 5.56 Å². The minimum Gasteiger partial charge on any atom is -0.494 e. The van der Waals surface area contributed by atoms with E-state index in [1.54, 1.807) is 24.5 Å². The normalized spacial score (nSPS) is 11.0. The van der Waals surface area contributed by atoms with Gasteiger partial charge in [-0.25, -0.2) is 18.7 Å². The topological polar surface area (TPSA) is 59.9 Å². The van der Waals surface area contributed by atoms with E-state index in [0.29, 0.717) is 33.9 Å². The van der Waals surface area contributed by atoms with Crippen LogP contribution in [0.5, 0.6) is 5.75 Å². The fourth-order valence-electron chi connectivity index (χ4n) is 3.38. The molecule has 31 heavy (non-hydrogen) atoms. The van der Waals surface area contributed by atoms with E-state index in [9.17, 15) is 8.78 Å². The third-order valence-electron chi connectivity index (χ3n) is 4.97. The van der Waals surface area contributed by atoms with E-state index < -0.39 is 11.6 Å². The molecule has 2 aromatic carbocycles. The molecule has 0 bridgehead atoms. The first-order chi connectivity index (χ1) is 15.1. The van der Waals surface area contributed by atoms with Crippen LogP contribution >= 0.6 is 0 Å². The lowest BCUT2D eigenvalue weighted by Crippen LogP contribution is -2.06. The lowest BCUT2D eigenvalue weighted by molar-refractivity contribution is 0.419. The zero-order chi connectivity index (χ0) is 21.8. The molecular weight excluding hydrogens is 398 g/mol. The van der Waals surface area contributed by atoms with E-state index >= 15 is 0 Å². The van der Waals surface area contributed by atoms with Crippen LogP contribution < -0.4 is 10.1 Å². The average molecular weight is 420 g/mol. The van der Waals surface area contributed by atoms with Crippen LogP contribution in [0.4, 0.5) is 14.6 Å². The van der Waals surface area contributed by atoms with Gasteiger partial charge in [-0.05, 0) is 48.4 Å². The summed E-state index contributed by atoms with van der Waals surface area (Å²) in [7, 11) is 1.54. The summed E-state index contributed by atoms with van der Waals surface area (Å²) in [4.78, 5) is 13.6. The standard InChI is InChI=1S/C24H22F2N4O/c1-3-4-10-28-24-19-11-16(18-8-7-17(25)13-20(18)26)12-21(31-2)22(19)29-23(30-24)15-6-5-9-27-14-15/h5-9,11-14H,3-4,10H2,1-2H3,(H,28,29,30). The van der Waals surface area contributed by atoms with Gasteiger partial charge in [-0.3, -0.25) is 4.98 Å². The molecule has 0 aliphatic heterocycles. The molecular formula is C24H22F2N4O. The average Bonchev–Trinajstić information content (AvgIpc) is 2.79. The Balaban J connectivity index is 1.94. The number of nitrogens with zero attached hydrogens (tertiary/aromatic N) is 3. The number of unbranched alkanes of at least 4 members (excludes halogenated alkanes) is 1. The smallest absolute Gasteiger partial charge is 0.163 e. The summed E-state index contributed by atoms with van der Waals surface area (Å²) in [5.41, 5.74) is 2.20. The first-order valence-corrected chi connectivity index (χ1v) is 10.1. The van der Waals surface area contributed by atoms with Gasteiger partial charge in [-0.1, -0.05) is 13.3 Å². The number of nitrogens with one attached hydrogen (secondary N) is 1. The van der Waals surface area contributed by atoms with Crippen LogP contribution in [0, 0.1) is 11.6 Å². The van der Waals surface area contributed by atoms with Gasteiger partial charge >= 0.3 is 0 Å². The van der Waals surface area contributed by atoms with Gasteiger partial charge in [0.2, 0.25) is 0 Å². The molecule has 1 N–H and O–H groups in total. The third-order valence-corrected chi connectivity index (χ3v) is 4.97. The molecule has 4 rings (SSSR count). The number of methoxy groups -OCH3 is 1. The second-order valence-corrected chi connectivity index (χ2v) is 7.12. The van der Waals surface area contributed by atoms with Crippen LogP contribution in [0.2, 0.25) is 0 Å². The monoisotopic (exact) mass is 420 g/mol. The molecule has 158 valence electrons. The molecule has 0 radical (unpaired) electrons. The number of aromatic nitrogens is 3. The summed E-state index contributed by atoms with van der Waals surface area (Å²) in [6.07, 6.45) is 5.39. The SMILES string of the molecule is CCCCNc1nc(-c2cccnc2)nc2c(OC)cc(-c3ccc(F)cc3F)cc12. The Bertz CT molecular complexity index is 1220. The van der Waals surface area contributed by atoms with E-state index in [1.807, 2.05) is 12.1 Å². The van der Waals surface area contributed by atoms with Crippen LogP contribution in [0.15, 0.2) is 54.9 Å². The van der Waals surface area contributed by atoms with Crippen molar-refractivity contribution >= 4 is 16.7 Å². The van der Waals surface area contributed by atoms with Crippen molar-refractivity contribution < 1.29 is 13.5 Å². The van der Waals surface area contributed by atoms with Crippen molar-refractivity contribution in [1.82, 2.24) is 15.0 Å². The van der Waals surface area contributed by atoms with Crippen LogP contribution in [0.1, 0.15) is 19.8 Å². The van der Waals surface area contributed by atoms with Crippen LogP contribution in [-0.4, -0.2) is 28.6 Å². The van der Waals surface area contributed by atoms with Gasteiger partial charge in [-0.15, -0.1) is 0 Å². The van der Waals surface area contributed by atoms with Gasteiger partial charge < -0.3 is 10.1 Å². The summed E-state index contributed by atoms with van der Waals surface area (Å²) in [5.74, 6) is 0.344. The first-order valence-electron chi connectivity index (χ1n) is 10.1. The van der Waals surface area contributed by atoms with Crippen molar-refractivity contribution in [3.8, 4) is 28.3 Å². The zero-order valence-corrected chi connectivity index (χ0v) is 17.3. The maximum Gasteiger partial charge on any atom is 0.163 e.